The molecule has 0 aliphatic rings. The predicted molar refractivity (Wildman–Crippen MR) is 57.0 cm³/mol. The minimum atomic E-state index is -0.568. The van der Waals surface area contributed by atoms with Crippen LogP contribution in [0.2, 0.25) is 0 Å². The Bertz CT molecular complexity index is 337. The molecule has 1 rings (SSSR count). The standard InChI is InChI=1S/C10H11NO2S/c11-10(13)8(6-9(12)14)7-4-2-1-3-5-7/h1-5,8H,6H2,(H2,11,13)(H,12,14)/t8-/m0/s1. The van der Waals surface area contributed by atoms with Gasteiger partial charge in [-0.15, -0.1) is 12.6 Å². The fourth-order valence-electron chi connectivity index (χ4n) is 1.24. The van der Waals surface area contributed by atoms with E-state index >= 15 is 0 Å². The van der Waals surface area contributed by atoms with Crippen molar-refractivity contribution in [3.63, 3.8) is 0 Å². The van der Waals surface area contributed by atoms with Crippen LogP contribution in [0.3, 0.4) is 0 Å². The van der Waals surface area contributed by atoms with E-state index in [4.69, 9.17) is 5.73 Å². The maximum atomic E-state index is 11.1. The van der Waals surface area contributed by atoms with Crippen LogP contribution in [0.4, 0.5) is 0 Å². The lowest BCUT2D eigenvalue weighted by Gasteiger charge is -2.10. The van der Waals surface area contributed by atoms with Crippen molar-refractivity contribution < 1.29 is 9.59 Å². The zero-order valence-electron chi connectivity index (χ0n) is 7.51. The van der Waals surface area contributed by atoms with Crippen LogP contribution >= 0.6 is 12.6 Å². The second-order valence-corrected chi connectivity index (χ2v) is 3.46. The molecule has 0 aliphatic heterocycles. The van der Waals surface area contributed by atoms with E-state index in [1.807, 2.05) is 6.07 Å². The fraction of sp³-hybridized carbons (Fsp3) is 0.200. The molecule has 0 unspecified atom stereocenters. The van der Waals surface area contributed by atoms with Gasteiger partial charge in [0, 0.05) is 6.42 Å². The average molecular weight is 209 g/mol. The Hall–Kier alpha value is -1.29. The van der Waals surface area contributed by atoms with Crippen molar-refractivity contribution in [1.29, 1.82) is 0 Å². The SMILES string of the molecule is NC(=O)[C@@H](CC(=O)S)c1ccccc1. The molecule has 0 saturated heterocycles. The van der Waals surface area contributed by atoms with E-state index in [-0.39, 0.29) is 11.5 Å². The van der Waals surface area contributed by atoms with Crippen molar-refractivity contribution in [3.8, 4) is 0 Å². The highest BCUT2D eigenvalue weighted by Gasteiger charge is 2.19. The number of carbonyl (C=O) groups excluding carboxylic acids is 2. The normalized spacial score (nSPS) is 12.1. The summed E-state index contributed by atoms with van der Waals surface area (Å²) in [4.78, 5) is 21.9. The first-order valence-electron chi connectivity index (χ1n) is 4.17. The molecule has 14 heavy (non-hydrogen) atoms. The Morgan fingerprint density at radius 1 is 1.29 bits per heavy atom. The van der Waals surface area contributed by atoms with Gasteiger partial charge in [0.25, 0.3) is 0 Å². The van der Waals surface area contributed by atoms with Crippen molar-refractivity contribution in [2.45, 2.75) is 12.3 Å². The first-order valence-corrected chi connectivity index (χ1v) is 4.62. The molecule has 0 heterocycles. The lowest BCUT2D eigenvalue weighted by molar-refractivity contribution is -0.122. The average Bonchev–Trinajstić information content (AvgIpc) is 2.15. The third-order valence-electron chi connectivity index (χ3n) is 1.92. The maximum absolute atomic E-state index is 11.1. The van der Waals surface area contributed by atoms with E-state index in [1.54, 1.807) is 24.3 Å². The molecule has 1 aromatic carbocycles. The molecule has 3 nitrogen and oxygen atoms in total. The number of hydrogen-bond donors (Lipinski definition) is 2. The van der Waals surface area contributed by atoms with Gasteiger partial charge in [-0.25, -0.2) is 0 Å². The molecule has 1 atom stereocenters. The lowest BCUT2D eigenvalue weighted by Crippen LogP contribution is -2.22. The number of hydrogen-bond acceptors (Lipinski definition) is 2. The second-order valence-electron chi connectivity index (χ2n) is 2.96. The number of thiol groups is 1. The molecule has 1 aromatic rings. The topological polar surface area (TPSA) is 60.2 Å². The smallest absolute Gasteiger partial charge is 0.225 e. The molecule has 0 fully saturated rings. The molecule has 0 spiro atoms. The summed E-state index contributed by atoms with van der Waals surface area (Å²) >= 11 is 3.64. The number of amides is 1. The van der Waals surface area contributed by atoms with Crippen LogP contribution in [-0.4, -0.2) is 11.0 Å². The van der Waals surface area contributed by atoms with Gasteiger partial charge in [0.2, 0.25) is 5.91 Å². The summed E-state index contributed by atoms with van der Waals surface area (Å²) in [7, 11) is 0. The third-order valence-corrected chi connectivity index (χ3v) is 2.11. The summed E-state index contributed by atoms with van der Waals surface area (Å²) in [6, 6.07) is 8.98. The number of nitrogens with two attached hydrogens (primary N) is 1. The van der Waals surface area contributed by atoms with Crippen LogP contribution in [0, 0.1) is 0 Å². The molecule has 4 heteroatoms. The van der Waals surface area contributed by atoms with Crippen molar-refractivity contribution in [2.75, 3.05) is 0 Å². The molecule has 74 valence electrons. The zero-order valence-corrected chi connectivity index (χ0v) is 8.41. The van der Waals surface area contributed by atoms with Gasteiger partial charge < -0.3 is 5.73 Å². The van der Waals surface area contributed by atoms with Crippen LogP contribution in [0.25, 0.3) is 0 Å². The zero-order chi connectivity index (χ0) is 10.6. The van der Waals surface area contributed by atoms with Gasteiger partial charge in [-0.3, -0.25) is 9.59 Å². The van der Waals surface area contributed by atoms with Gasteiger partial charge in [0.1, 0.15) is 0 Å². The van der Waals surface area contributed by atoms with Gasteiger partial charge >= 0.3 is 0 Å². The highest BCUT2D eigenvalue weighted by atomic mass is 32.1. The Labute approximate surface area is 87.7 Å². The van der Waals surface area contributed by atoms with Crippen molar-refractivity contribution in [2.24, 2.45) is 5.73 Å². The van der Waals surface area contributed by atoms with Gasteiger partial charge in [0.15, 0.2) is 5.12 Å². The lowest BCUT2D eigenvalue weighted by atomic mass is 9.96. The van der Waals surface area contributed by atoms with Crippen molar-refractivity contribution >= 4 is 23.7 Å². The van der Waals surface area contributed by atoms with Gasteiger partial charge in [-0.1, -0.05) is 30.3 Å². The fourth-order valence-corrected chi connectivity index (χ4v) is 1.43. The number of rotatable bonds is 4. The number of benzene rings is 1. The largest absolute Gasteiger partial charge is 0.369 e. The monoisotopic (exact) mass is 209 g/mol. The molecule has 0 aliphatic carbocycles. The minimum absolute atomic E-state index is 0.0441. The van der Waals surface area contributed by atoms with E-state index in [0.29, 0.717) is 0 Å². The highest BCUT2D eigenvalue weighted by Crippen LogP contribution is 2.19. The second kappa shape index (κ2) is 4.81. The number of carbonyl (C=O) groups is 2. The van der Waals surface area contributed by atoms with Gasteiger partial charge in [0.05, 0.1) is 5.92 Å². The summed E-state index contributed by atoms with van der Waals surface area (Å²) in [5, 5.41) is -0.336. The van der Waals surface area contributed by atoms with Crippen LogP contribution in [-0.2, 0) is 9.59 Å². The van der Waals surface area contributed by atoms with Gasteiger partial charge in [-0.2, -0.15) is 0 Å². The summed E-state index contributed by atoms with van der Waals surface area (Å²) in [5.41, 5.74) is 5.94. The van der Waals surface area contributed by atoms with E-state index < -0.39 is 11.8 Å². The first-order chi connectivity index (χ1) is 6.61. The van der Waals surface area contributed by atoms with Crippen LogP contribution < -0.4 is 5.73 Å². The van der Waals surface area contributed by atoms with E-state index in [0.717, 1.165) is 5.56 Å². The molecule has 0 bridgehead atoms. The molecule has 0 saturated carbocycles. The van der Waals surface area contributed by atoms with Crippen molar-refractivity contribution in [3.05, 3.63) is 35.9 Å². The minimum Gasteiger partial charge on any atom is -0.369 e. The maximum Gasteiger partial charge on any atom is 0.225 e. The van der Waals surface area contributed by atoms with Crippen LogP contribution in [0.1, 0.15) is 17.9 Å². The molecule has 1 amide bonds. The number of primary amides is 1. The highest BCUT2D eigenvalue weighted by molar-refractivity contribution is 7.96. The Kier molecular flexibility index (Phi) is 3.71. The van der Waals surface area contributed by atoms with E-state index in [2.05, 4.69) is 12.6 Å². The van der Waals surface area contributed by atoms with Crippen molar-refractivity contribution in [1.82, 2.24) is 0 Å². The predicted octanol–water partition coefficient (Wildman–Crippen LogP) is 1.10. The molecule has 2 N–H and O–H groups in total. The summed E-state index contributed by atoms with van der Waals surface area (Å²) in [6.07, 6.45) is 0.0441. The Balaban J connectivity index is 2.89. The van der Waals surface area contributed by atoms with E-state index in [1.165, 1.54) is 0 Å². The summed E-state index contributed by atoms with van der Waals surface area (Å²) < 4.78 is 0. The van der Waals surface area contributed by atoms with E-state index in [9.17, 15) is 9.59 Å². The Morgan fingerprint density at radius 2 is 1.86 bits per heavy atom. The molecular weight excluding hydrogens is 198 g/mol. The third kappa shape index (κ3) is 2.88. The summed E-state index contributed by atoms with van der Waals surface area (Å²) in [5.74, 6) is -1.07. The summed E-state index contributed by atoms with van der Waals surface area (Å²) in [6.45, 7) is 0. The van der Waals surface area contributed by atoms with Crippen LogP contribution in [0.5, 0.6) is 0 Å². The Morgan fingerprint density at radius 3 is 2.29 bits per heavy atom. The first kappa shape index (κ1) is 10.8. The molecule has 0 aromatic heterocycles. The van der Waals surface area contributed by atoms with Crippen LogP contribution in [0.15, 0.2) is 30.3 Å². The molecular formula is C10H11NO2S. The van der Waals surface area contributed by atoms with Gasteiger partial charge in [-0.05, 0) is 5.56 Å². The quantitative estimate of drug-likeness (QED) is 0.729. The molecule has 0 radical (unpaired) electrons.